The normalized spacial score (nSPS) is 11.6. The summed E-state index contributed by atoms with van der Waals surface area (Å²) in [5, 5.41) is 22.2. The second-order valence-corrected chi connectivity index (χ2v) is 29.5. The number of carbonyl (C=O) groups is 8. The largest absolute Gasteiger partial charge is 0.462 e. The van der Waals surface area contributed by atoms with Crippen LogP contribution in [0.3, 0.4) is 0 Å². The van der Waals surface area contributed by atoms with E-state index in [1.165, 1.54) is 21.3 Å². The Kier molecular flexibility index (Phi) is 31.0. The molecule has 124 heavy (non-hydrogen) atoms. The van der Waals surface area contributed by atoms with Gasteiger partial charge in [0.05, 0.1) is 75.3 Å². The molecule has 0 aliphatic rings. The third kappa shape index (κ3) is 23.1. The van der Waals surface area contributed by atoms with Crippen molar-refractivity contribution in [3.8, 4) is 46.2 Å². The minimum absolute atomic E-state index is 0.0972. The molecule has 0 saturated carbocycles. The number of rotatable bonds is 34. The highest BCUT2D eigenvalue weighted by atomic mass is 19.1. The quantitative estimate of drug-likeness (QED) is 0.0106. The molecule has 0 aliphatic carbocycles. The lowest BCUT2D eigenvalue weighted by Crippen LogP contribution is -2.52. The first-order valence-electron chi connectivity index (χ1n) is 40.3. The Morgan fingerprint density at radius 2 is 0.798 bits per heavy atom. The molecule has 8 N–H and O–H groups in total. The van der Waals surface area contributed by atoms with Crippen LogP contribution in [0.5, 0.6) is 0 Å². The van der Waals surface area contributed by atoms with Crippen LogP contribution in [0.4, 0.5) is 38.5 Å². The number of halogens is 4. The molecule has 11 aromatic rings. The van der Waals surface area contributed by atoms with E-state index < -0.39 is 130 Å². The number of hydrogen-bond acceptors (Lipinski definition) is 16. The first-order valence-corrected chi connectivity index (χ1v) is 40.3. The summed E-state index contributed by atoms with van der Waals surface area (Å²) in [7, 11) is 0. The number of imidazole rings is 2. The summed E-state index contributed by atoms with van der Waals surface area (Å²) in [5.41, 5.74) is 1.56. The first-order chi connectivity index (χ1) is 59.7. The number of aromatic nitrogens is 6. The van der Waals surface area contributed by atoms with Crippen LogP contribution >= 0.6 is 0 Å². The Morgan fingerprint density at radius 3 is 1.13 bits per heavy atom. The van der Waals surface area contributed by atoms with Gasteiger partial charge in [-0.05, 0) is 123 Å². The number of esters is 2. The number of benzene rings is 7. The number of nitrogens with zero attached hydrogens (tertiary/aromatic N) is 8. The van der Waals surface area contributed by atoms with Crippen molar-refractivity contribution in [2.45, 2.75) is 107 Å². The van der Waals surface area contributed by atoms with Gasteiger partial charge < -0.3 is 61.1 Å². The lowest BCUT2D eigenvalue weighted by atomic mass is 10.0. The Hall–Kier alpha value is -14.5. The van der Waals surface area contributed by atoms with Crippen molar-refractivity contribution < 1.29 is 65.4 Å². The molecule has 0 spiro atoms. The fraction of sp³-hybridized carbons (Fsp3) is 0.283. The van der Waals surface area contributed by atoms with Crippen LogP contribution in [0.25, 0.3) is 34.1 Å². The zero-order chi connectivity index (χ0) is 88.7. The number of hydrogen-bond donors (Lipinski definition) is 8. The van der Waals surface area contributed by atoms with Gasteiger partial charge in [-0.25, -0.2) is 55.5 Å². The van der Waals surface area contributed by atoms with E-state index in [1.54, 1.807) is 138 Å². The van der Waals surface area contributed by atoms with Crippen LogP contribution in [-0.2, 0) is 67.9 Å². The van der Waals surface area contributed by atoms with E-state index in [2.05, 4.69) is 66.2 Å². The molecule has 32 heteroatoms. The van der Waals surface area contributed by atoms with Crippen molar-refractivity contribution >= 4 is 70.6 Å². The highest BCUT2D eigenvalue weighted by Gasteiger charge is 2.33. The van der Waals surface area contributed by atoms with Crippen LogP contribution in [0.2, 0.25) is 0 Å². The minimum Gasteiger partial charge on any atom is -0.462 e. The van der Waals surface area contributed by atoms with Crippen molar-refractivity contribution in [2.75, 3.05) is 63.1 Å². The summed E-state index contributed by atoms with van der Waals surface area (Å²) in [6, 6.07) is 41.8. The smallest absolute Gasteiger partial charge is 0.345 e. The highest BCUT2D eigenvalue weighted by molar-refractivity contribution is 5.93. The Morgan fingerprint density at radius 1 is 0.444 bits per heavy atom. The zero-order valence-electron chi connectivity index (χ0n) is 69.5. The molecular weight excluding hydrogens is 1600 g/mol. The average Bonchev–Trinajstić information content (AvgIpc) is 1.59. The number of ether oxygens (including phenoxy) is 2. The molecule has 4 heterocycles. The maximum absolute atomic E-state index is 15.5. The highest BCUT2D eigenvalue weighted by Crippen LogP contribution is 2.32. The van der Waals surface area contributed by atoms with Crippen molar-refractivity contribution in [2.24, 2.45) is 11.8 Å². The molecule has 0 bridgehead atoms. The fourth-order valence-electron chi connectivity index (χ4n) is 13.7. The summed E-state index contributed by atoms with van der Waals surface area (Å²) in [5.74, 6) is 3.01. The van der Waals surface area contributed by atoms with E-state index in [9.17, 15) is 47.9 Å². The maximum Gasteiger partial charge on any atom is 0.345 e. The Balaban J connectivity index is 0.759. The molecule has 7 aromatic carbocycles. The van der Waals surface area contributed by atoms with Crippen LogP contribution in [0.1, 0.15) is 121 Å². The molecule has 8 amide bonds. The minimum atomic E-state index is -1.07. The fourth-order valence-corrected chi connectivity index (χ4v) is 13.7. The lowest BCUT2D eigenvalue weighted by molar-refractivity contribution is -0.130. The van der Waals surface area contributed by atoms with Crippen LogP contribution in [-0.4, -0.2) is 150 Å². The molecule has 28 nitrogen and oxygen atoms in total. The van der Waals surface area contributed by atoms with Gasteiger partial charge in [0.1, 0.15) is 46.5 Å². The van der Waals surface area contributed by atoms with Gasteiger partial charge in [-0.15, -0.1) is 0 Å². The number of fused-ring (bicyclic) bond motifs is 2. The number of amides is 8. The van der Waals surface area contributed by atoms with E-state index >= 15 is 17.6 Å². The third-order valence-corrected chi connectivity index (χ3v) is 19.7. The zero-order valence-corrected chi connectivity index (χ0v) is 69.5. The van der Waals surface area contributed by atoms with Gasteiger partial charge in [0.15, 0.2) is 0 Å². The maximum atomic E-state index is 15.5. The monoisotopic (exact) mass is 1690 g/mol. The number of anilines is 2. The predicted octanol–water partition coefficient (Wildman–Crippen LogP) is 10.6. The van der Waals surface area contributed by atoms with E-state index in [0.717, 1.165) is 56.6 Å². The van der Waals surface area contributed by atoms with Gasteiger partial charge in [-0.1, -0.05) is 148 Å². The molecule has 0 fully saturated rings. The average molecular weight is 1690 g/mol. The van der Waals surface area contributed by atoms with Crippen molar-refractivity contribution in [3.05, 3.63) is 282 Å². The van der Waals surface area contributed by atoms with Crippen molar-refractivity contribution in [1.82, 2.24) is 69.6 Å². The van der Waals surface area contributed by atoms with Gasteiger partial charge in [0, 0.05) is 96.4 Å². The Labute approximate surface area is 712 Å². The van der Waals surface area contributed by atoms with Gasteiger partial charge in [-0.2, -0.15) is 0 Å². The summed E-state index contributed by atoms with van der Waals surface area (Å²) in [6.45, 7) is 11.9. The molecular formula is C92H94F4N16O12. The molecule has 0 radical (unpaired) electrons. The molecule has 0 aliphatic heterocycles. The van der Waals surface area contributed by atoms with Crippen molar-refractivity contribution in [3.63, 3.8) is 0 Å². The van der Waals surface area contributed by atoms with Gasteiger partial charge in [-0.3, -0.25) is 38.6 Å². The third-order valence-electron chi connectivity index (χ3n) is 19.7. The van der Waals surface area contributed by atoms with Crippen LogP contribution in [0.15, 0.2) is 192 Å². The standard InChI is InChI=1S/C92H94F4N16O12/c1-9-97-89(121)101-65-41-37-63(38-42-65)81-75(111-85(117)69(87(119)123-11-3)51-109(91(111)105-81)49-67-71(93)29-19-30-72(67)94)53-107(47-61-23-15-13-16-24-61)55-77(113)103-79(57(5)6)83(115)99-45-21-27-59-33-35-60(36-34-59)28-22-46-100-84(116)80(58(7)8)104-78(114)56-108(48-62-25-17-14-18-26-62)54-76-82(64-39-43-66(44-40-64)102-90(122)98-10-2)106-92-110(50-68-73(95)31-20-32-74(68)96)52-70(86(118)112(76)92)88(120)124-12-4/h13-20,23-26,29-44,51-52,57-58,79-80H,9-12,45-50,53-56H2,1-8H3,(H,99,115)(H,100,116)(H,103,113)(H,104,114)(H2,97,101,121)(H2,98,102,122)/t79-,80-/m0/s1. The van der Waals surface area contributed by atoms with E-state index in [4.69, 9.17) is 19.4 Å². The summed E-state index contributed by atoms with van der Waals surface area (Å²) < 4.78 is 77.4. The van der Waals surface area contributed by atoms with Crippen molar-refractivity contribution in [1.29, 1.82) is 0 Å². The SMILES string of the molecule is CCNC(=O)Nc1ccc(-c2nc3n(Cc4c(F)cccc4F)cc(C(=O)OCC)c(=O)n3c2CN(CC(=O)N[C@H](C(=O)NCC#Cc2ccc(C#CCNC(=O)[C@@H](NC(=O)CN(Cc3ccccc3)Cc3c(-c4ccc(NC(=O)NCC)cc4)nc4n(Cc5c(F)cccc5F)cc(C(=O)OCC)c(=O)n34)C(C)C)cc2)C(C)C)Cc2ccccc2)cc1. The van der Waals surface area contributed by atoms with E-state index in [1.807, 2.05) is 60.7 Å². The summed E-state index contributed by atoms with van der Waals surface area (Å²) in [6.07, 6.45) is 2.28. The molecule has 0 saturated heterocycles. The molecule has 11 rings (SSSR count). The second-order valence-electron chi connectivity index (χ2n) is 29.5. The first kappa shape index (κ1) is 90.3. The van der Waals surface area contributed by atoms with Crippen LogP contribution < -0.4 is 53.7 Å². The Bertz CT molecular complexity index is 5590. The molecule has 0 unspecified atom stereocenters. The lowest BCUT2D eigenvalue weighted by Gasteiger charge is -2.26. The van der Waals surface area contributed by atoms with E-state index in [0.29, 0.717) is 46.7 Å². The summed E-state index contributed by atoms with van der Waals surface area (Å²) >= 11 is 0. The van der Waals surface area contributed by atoms with Crippen LogP contribution in [0, 0.1) is 58.8 Å². The number of urea groups is 2. The van der Waals surface area contributed by atoms with Gasteiger partial charge >= 0.3 is 24.0 Å². The van der Waals surface area contributed by atoms with Gasteiger partial charge in [0.2, 0.25) is 35.2 Å². The molecule has 2 atom stereocenters. The second kappa shape index (κ2) is 42.6. The van der Waals surface area contributed by atoms with E-state index in [-0.39, 0.29) is 111 Å². The number of nitrogens with one attached hydrogen (secondary N) is 8. The van der Waals surface area contributed by atoms with Gasteiger partial charge in [0.25, 0.3) is 11.1 Å². The molecule has 642 valence electrons. The molecule has 4 aromatic heterocycles. The number of carbonyl (C=O) groups excluding carboxylic acids is 8. The predicted molar refractivity (Wildman–Crippen MR) is 459 cm³/mol. The summed E-state index contributed by atoms with van der Waals surface area (Å²) in [4.78, 5) is 152. The topological polar surface area (TPSA) is 336 Å².